The molecule has 1 aromatic rings. The van der Waals surface area contributed by atoms with Crippen molar-refractivity contribution >= 4 is 29.4 Å². The molecule has 4 heteroatoms. The summed E-state index contributed by atoms with van der Waals surface area (Å²) in [6.07, 6.45) is 21.5. The number of carbonyl (C=O) groups is 1. The first kappa shape index (κ1) is 30.4. The highest BCUT2D eigenvalue weighted by atomic mass is 32.2. The van der Waals surface area contributed by atoms with Gasteiger partial charge in [0.05, 0.1) is 0 Å². The molecule has 1 aromatic carbocycles. The molecule has 2 aliphatic carbocycles. The zero-order valence-electron chi connectivity index (χ0n) is 24.6. The van der Waals surface area contributed by atoms with Gasteiger partial charge in [0.15, 0.2) is 0 Å². The molecule has 0 aromatic heterocycles. The second-order valence-electron chi connectivity index (χ2n) is 13.2. The first-order valence-corrected chi connectivity index (χ1v) is 18.2. The number of fused-ring (bicyclic) bond motifs is 5. The number of hydrogen-bond donors (Lipinski definition) is 1. The third-order valence-electron chi connectivity index (χ3n) is 9.58. The van der Waals surface area contributed by atoms with Crippen LogP contribution in [0.4, 0.5) is 0 Å². The number of thioether (sulfide) groups is 2. The third-order valence-corrected chi connectivity index (χ3v) is 12.7. The number of nitrogens with one attached hydrogen (secondary N) is 1. The zero-order valence-corrected chi connectivity index (χ0v) is 26.2. The van der Waals surface area contributed by atoms with Crippen LogP contribution in [0.2, 0.25) is 0 Å². The Kier molecular flexibility index (Phi) is 12.8. The first-order chi connectivity index (χ1) is 18.5. The van der Waals surface area contributed by atoms with Gasteiger partial charge >= 0.3 is 0 Å². The van der Waals surface area contributed by atoms with E-state index in [0.717, 1.165) is 46.2 Å². The fraction of sp³-hybridized carbons (Fsp3) is 0.794. The molecule has 1 heterocycles. The normalized spacial score (nSPS) is 32.2. The Morgan fingerprint density at radius 3 is 2.29 bits per heavy atom. The van der Waals surface area contributed by atoms with Crippen LogP contribution < -0.4 is 5.32 Å². The van der Waals surface area contributed by atoms with Gasteiger partial charge in [-0.15, -0.1) is 0 Å². The molecule has 4 rings (SSSR count). The van der Waals surface area contributed by atoms with Crippen LogP contribution in [0.25, 0.3) is 0 Å². The number of carbonyl (C=O) groups excluding carboxylic acids is 1. The highest BCUT2D eigenvalue weighted by Gasteiger charge is 2.27. The van der Waals surface area contributed by atoms with E-state index in [4.69, 9.17) is 0 Å². The molecule has 2 nitrogen and oxygen atoms in total. The van der Waals surface area contributed by atoms with Gasteiger partial charge in [-0.05, 0) is 105 Å². The van der Waals surface area contributed by atoms with Crippen molar-refractivity contribution in [1.29, 1.82) is 0 Å². The maximum absolute atomic E-state index is 12.4. The number of rotatable bonds is 4. The minimum absolute atomic E-state index is 0.0438. The van der Waals surface area contributed by atoms with E-state index in [2.05, 4.69) is 47.9 Å². The fourth-order valence-electron chi connectivity index (χ4n) is 7.12. The van der Waals surface area contributed by atoms with Gasteiger partial charge < -0.3 is 5.32 Å². The van der Waals surface area contributed by atoms with Gasteiger partial charge in [0, 0.05) is 22.1 Å². The van der Waals surface area contributed by atoms with Crippen molar-refractivity contribution in [3.8, 4) is 0 Å². The molecule has 1 saturated heterocycles. The average Bonchev–Trinajstić information content (AvgIpc) is 2.86. The minimum Gasteiger partial charge on any atom is -0.350 e. The molecule has 2 saturated carbocycles. The Balaban J connectivity index is 1.45. The molecule has 4 bridgehead atoms. The largest absolute Gasteiger partial charge is 0.350 e. The van der Waals surface area contributed by atoms with E-state index in [9.17, 15) is 4.79 Å². The molecule has 6 atom stereocenters. The predicted octanol–water partition coefficient (Wildman–Crippen LogP) is 9.56. The van der Waals surface area contributed by atoms with E-state index in [0.29, 0.717) is 0 Å². The molecule has 3 aliphatic rings. The van der Waals surface area contributed by atoms with Crippen LogP contribution in [0, 0.1) is 23.7 Å². The van der Waals surface area contributed by atoms with Gasteiger partial charge in [-0.1, -0.05) is 76.8 Å². The Labute approximate surface area is 243 Å². The molecular formula is C34H55NOS2. The van der Waals surface area contributed by atoms with Gasteiger partial charge in [-0.2, -0.15) is 23.5 Å². The van der Waals surface area contributed by atoms with Crippen LogP contribution in [0.3, 0.4) is 0 Å². The van der Waals surface area contributed by atoms with Gasteiger partial charge in [-0.25, -0.2) is 0 Å². The topological polar surface area (TPSA) is 29.1 Å². The van der Waals surface area contributed by atoms with Crippen molar-refractivity contribution < 1.29 is 4.79 Å². The second-order valence-corrected chi connectivity index (χ2v) is 15.9. The van der Waals surface area contributed by atoms with Crippen LogP contribution in [-0.4, -0.2) is 34.0 Å². The fourth-order valence-corrected chi connectivity index (χ4v) is 10.2. The lowest BCUT2D eigenvalue weighted by Crippen LogP contribution is -2.30. The number of benzene rings is 1. The van der Waals surface area contributed by atoms with Crippen molar-refractivity contribution in [2.45, 2.75) is 134 Å². The molecule has 0 spiro atoms. The van der Waals surface area contributed by atoms with E-state index < -0.39 is 0 Å². The number of hydrogen-bond acceptors (Lipinski definition) is 3. The highest BCUT2D eigenvalue weighted by Crippen LogP contribution is 2.39. The lowest BCUT2D eigenvalue weighted by Gasteiger charge is -2.30. The monoisotopic (exact) mass is 557 g/mol. The van der Waals surface area contributed by atoms with Crippen LogP contribution in [0.5, 0.6) is 0 Å². The summed E-state index contributed by atoms with van der Waals surface area (Å²) in [5.74, 6) is 6.19. The molecule has 0 radical (unpaired) electrons. The van der Waals surface area contributed by atoms with Crippen molar-refractivity contribution in [3.63, 3.8) is 0 Å². The van der Waals surface area contributed by atoms with E-state index in [1.54, 1.807) is 0 Å². The summed E-state index contributed by atoms with van der Waals surface area (Å²) in [6.45, 7) is 6.63. The summed E-state index contributed by atoms with van der Waals surface area (Å²) in [4.78, 5) is 12.4. The van der Waals surface area contributed by atoms with E-state index in [1.165, 1.54) is 107 Å². The molecule has 1 amide bonds. The summed E-state index contributed by atoms with van der Waals surface area (Å²) in [5, 5.41) is 4.74. The van der Waals surface area contributed by atoms with Gasteiger partial charge in [-0.3, -0.25) is 4.79 Å². The molecule has 214 valence electrons. The number of amides is 1. The smallest absolute Gasteiger partial charge is 0.251 e. The predicted molar refractivity (Wildman–Crippen MR) is 170 cm³/mol. The molecule has 3 unspecified atom stereocenters. The summed E-state index contributed by atoms with van der Waals surface area (Å²) in [5.41, 5.74) is 2.18. The van der Waals surface area contributed by atoms with Crippen LogP contribution in [0.1, 0.15) is 127 Å². The van der Waals surface area contributed by atoms with Crippen molar-refractivity contribution in [2.24, 2.45) is 23.7 Å². The van der Waals surface area contributed by atoms with Gasteiger partial charge in [0.2, 0.25) is 0 Å². The maximum atomic E-state index is 12.4. The quantitative estimate of drug-likeness (QED) is 0.400. The lowest BCUT2D eigenvalue weighted by molar-refractivity contribution is 0.0943. The van der Waals surface area contributed by atoms with Crippen LogP contribution in [-0.2, 0) is 6.42 Å². The molecule has 38 heavy (non-hydrogen) atoms. The minimum atomic E-state index is 0.0438. The Morgan fingerprint density at radius 2 is 1.50 bits per heavy atom. The summed E-state index contributed by atoms with van der Waals surface area (Å²) >= 11 is 4.63. The second kappa shape index (κ2) is 16.0. The molecule has 1 N–H and O–H groups in total. The van der Waals surface area contributed by atoms with Gasteiger partial charge in [0.25, 0.3) is 5.91 Å². The van der Waals surface area contributed by atoms with Crippen LogP contribution >= 0.6 is 23.5 Å². The highest BCUT2D eigenvalue weighted by molar-refractivity contribution is 8.00. The van der Waals surface area contributed by atoms with Gasteiger partial charge in [0.1, 0.15) is 0 Å². The molecular weight excluding hydrogens is 503 g/mol. The summed E-state index contributed by atoms with van der Waals surface area (Å²) < 4.78 is 0. The maximum Gasteiger partial charge on any atom is 0.251 e. The van der Waals surface area contributed by atoms with Crippen molar-refractivity contribution in [3.05, 3.63) is 35.4 Å². The Hall–Kier alpha value is -0.610. The average molecular weight is 558 g/mol. The molecule has 3 fully saturated rings. The third kappa shape index (κ3) is 10.1. The van der Waals surface area contributed by atoms with E-state index in [1.807, 2.05) is 26.0 Å². The summed E-state index contributed by atoms with van der Waals surface area (Å²) in [6, 6.07) is 8.68. The first-order valence-electron chi connectivity index (χ1n) is 16.1. The SMILES string of the molecule is CC(C)NC(=O)c1ccc(CC2CSC3CCCCC[C@H](CC[C@@H](C)C4CCCC[C@H](CC4)SC2)C3)cc1. The molecule has 1 aliphatic heterocycles. The summed E-state index contributed by atoms with van der Waals surface area (Å²) in [7, 11) is 0. The Bertz CT molecular complexity index is 824. The lowest BCUT2D eigenvalue weighted by atomic mass is 9.78. The van der Waals surface area contributed by atoms with Crippen LogP contribution in [0.15, 0.2) is 24.3 Å². The van der Waals surface area contributed by atoms with E-state index >= 15 is 0 Å². The van der Waals surface area contributed by atoms with Crippen molar-refractivity contribution in [1.82, 2.24) is 5.32 Å². The zero-order chi connectivity index (χ0) is 26.7. The van der Waals surface area contributed by atoms with E-state index in [-0.39, 0.29) is 11.9 Å². The van der Waals surface area contributed by atoms with Crippen molar-refractivity contribution in [2.75, 3.05) is 11.5 Å². The standard InChI is InChI=1S/C34H55NOS2/c1-25(2)35-34(36)31-17-15-28(16-18-31)21-29-23-37-32-11-8-7-10-30(19-20-32)26(3)13-14-27-9-5-4-6-12-33(22-27)38-24-29/h15-18,25-27,29-30,32-33H,4-14,19-24H2,1-3H3,(H,35,36)/t26-,27-,29?,30?,32-,33?/m1/s1. The Morgan fingerprint density at radius 1 is 0.816 bits per heavy atom.